The zero-order valence-electron chi connectivity index (χ0n) is 13.5. The molecule has 0 aromatic heterocycles. The Labute approximate surface area is 140 Å². The lowest BCUT2D eigenvalue weighted by Crippen LogP contribution is -2.19. The third-order valence-electron chi connectivity index (χ3n) is 4.27. The summed E-state index contributed by atoms with van der Waals surface area (Å²) in [6, 6.07) is 16.1. The minimum absolute atomic E-state index is 0.0932. The minimum atomic E-state index is -0.348. The molecule has 24 heavy (non-hydrogen) atoms. The molecule has 2 aromatic carbocycles. The fourth-order valence-corrected chi connectivity index (χ4v) is 3.02. The molecule has 0 bridgehead atoms. The largest absolute Gasteiger partial charge is 0.440 e. The normalized spacial score (nSPS) is 17.5. The Morgan fingerprint density at radius 2 is 1.75 bits per heavy atom. The lowest BCUT2D eigenvalue weighted by atomic mass is 9.82. The first-order chi connectivity index (χ1) is 11.5. The van der Waals surface area contributed by atoms with Gasteiger partial charge in [-0.1, -0.05) is 36.4 Å². The Bertz CT molecular complexity index is 889. The van der Waals surface area contributed by atoms with Crippen LogP contribution < -0.4 is 5.73 Å². The topological polar surface area (TPSA) is 59.0 Å². The van der Waals surface area contributed by atoms with Crippen LogP contribution in [0.2, 0.25) is 0 Å². The Morgan fingerprint density at radius 1 is 1.08 bits per heavy atom. The second kappa shape index (κ2) is 6.21. The first-order valence-corrected chi connectivity index (χ1v) is 7.62. The van der Waals surface area contributed by atoms with E-state index in [2.05, 4.69) is 6.07 Å². The summed E-state index contributed by atoms with van der Waals surface area (Å²) < 4.78 is 19.0. The number of ether oxygens (including phenoxy) is 1. The molecule has 3 nitrogen and oxygen atoms in total. The Balaban J connectivity index is 2.19. The maximum atomic E-state index is 13.3. The van der Waals surface area contributed by atoms with Gasteiger partial charge in [0.05, 0.1) is 0 Å². The SMILES string of the molecule is CC1=C(c2ccccc2C)OC(N)=C(C#N)C1c1ccc(F)cc1. The van der Waals surface area contributed by atoms with Crippen molar-refractivity contribution in [3.8, 4) is 6.07 Å². The van der Waals surface area contributed by atoms with Gasteiger partial charge in [0.1, 0.15) is 23.2 Å². The molecule has 0 saturated carbocycles. The molecule has 1 unspecified atom stereocenters. The van der Waals surface area contributed by atoms with Crippen LogP contribution >= 0.6 is 0 Å². The summed E-state index contributed by atoms with van der Waals surface area (Å²) in [6.45, 7) is 3.91. The molecule has 3 rings (SSSR count). The molecule has 1 heterocycles. The molecule has 0 aliphatic carbocycles. The number of nitriles is 1. The van der Waals surface area contributed by atoms with Gasteiger partial charge in [-0.25, -0.2) is 4.39 Å². The van der Waals surface area contributed by atoms with Gasteiger partial charge in [-0.05, 0) is 42.7 Å². The zero-order valence-corrected chi connectivity index (χ0v) is 13.5. The van der Waals surface area contributed by atoms with E-state index in [0.717, 1.165) is 22.3 Å². The Kier molecular flexibility index (Phi) is 4.09. The number of rotatable bonds is 2. The quantitative estimate of drug-likeness (QED) is 0.893. The van der Waals surface area contributed by atoms with Crippen molar-refractivity contribution in [3.63, 3.8) is 0 Å². The molecular formula is C20H17FN2O. The van der Waals surface area contributed by atoms with E-state index in [4.69, 9.17) is 10.5 Å². The average Bonchev–Trinajstić information content (AvgIpc) is 2.58. The summed E-state index contributed by atoms with van der Waals surface area (Å²) in [5.41, 5.74) is 10.0. The summed E-state index contributed by atoms with van der Waals surface area (Å²) in [6.07, 6.45) is 0. The number of aryl methyl sites for hydroxylation is 1. The monoisotopic (exact) mass is 320 g/mol. The number of hydrogen-bond acceptors (Lipinski definition) is 3. The standard InChI is InChI=1S/C20H17FN2O/c1-12-5-3-4-6-16(12)19-13(2)18(17(11-22)20(23)24-19)14-7-9-15(21)10-8-14/h3-10,18H,23H2,1-2H3. The van der Waals surface area contributed by atoms with Gasteiger partial charge in [0, 0.05) is 11.5 Å². The Hall–Kier alpha value is -3.06. The molecule has 2 aromatic rings. The number of nitrogens with zero attached hydrogens (tertiary/aromatic N) is 1. The second-order valence-corrected chi connectivity index (χ2v) is 5.80. The molecule has 0 amide bonds. The van der Waals surface area contributed by atoms with Crippen LogP contribution in [0.5, 0.6) is 0 Å². The summed E-state index contributed by atoms with van der Waals surface area (Å²) in [5.74, 6) is 0.0792. The average molecular weight is 320 g/mol. The van der Waals surface area contributed by atoms with Gasteiger partial charge in [-0.15, -0.1) is 0 Å². The van der Waals surface area contributed by atoms with E-state index in [1.165, 1.54) is 12.1 Å². The molecule has 0 spiro atoms. The van der Waals surface area contributed by atoms with Crippen molar-refractivity contribution in [1.29, 1.82) is 5.26 Å². The van der Waals surface area contributed by atoms with Crippen molar-refractivity contribution in [1.82, 2.24) is 0 Å². The highest BCUT2D eigenvalue weighted by molar-refractivity contribution is 5.71. The summed E-state index contributed by atoms with van der Waals surface area (Å²) in [4.78, 5) is 0. The fraction of sp³-hybridized carbons (Fsp3) is 0.150. The van der Waals surface area contributed by atoms with Gasteiger partial charge < -0.3 is 10.5 Å². The van der Waals surface area contributed by atoms with E-state index < -0.39 is 0 Å². The van der Waals surface area contributed by atoms with Gasteiger partial charge in [0.25, 0.3) is 0 Å². The predicted octanol–water partition coefficient (Wildman–Crippen LogP) is 4.37. The summed E-state index contributed by atoms with van der Waals surface area (Å²) in [5, 5.41) is 9.51. The van der Waals surface area contributed by atoms with E-state index in [-0.39, 0.29) is 17.6 Å². The van der Waals surface area contributed by atoms with Gasteiger partial charge in [-0.2, -0.15) is 5.26 Å². The van der Waals surface area contributed by atoms with Crippen molar-refractivity contribution >= 4 is 5.76 Å². The van der Waals surface area contributed by atoms with Crippen LogP contribution in [0.4, 0.5) is 4.39 Å². The van der Waals surface area contributed by atoms with Crippen molar-refractivity contribution < 1.29 is 9.13 Å². The van der Waals surface area contributed by atoms with Crippen LogP contribution in [0, 0.1) is 24.1 Å². The molecule has 2 N–H and O–H groups in total. The first kappa shape index (κ1) is 15.8. The number of nitrogens with two attached hydrogens (primary N) is 1. The van der Waals surface area contributed by atoms with E-state index in [1.807, 2.05) is 38.1 Å². The number of benzene rings is 2. The molecule has 0 saturated heterocycles. The third-order valence-corrected chi connectivity index (χ3v) is 4.27. The van der Waals surface area contributed by atoms with Crippen LogP contribution in [0.1, 0.15) is 29.5 Å². The van der Waals surface area contributed by atoms with Crippen LogP contribution in [-0.4, -0.2) is 0 Å². The highest BCUT2D eigenvalue weighted by Gasteiger charge is 2.31. The lowest BCUT2D eigenvalue weighted by Gasteiger charge is -2.28. The predicted molar refractivity (Wildman–Crippen MR) is 90.8 cm³/mol. The van der Waals surface area contributed by atoms with Crippen molar-refractivity contribution in [3.05, 3.63) is 88.1 Å². The maximum absolute atomic E-state index is 13.3. The van der Waals surface area contributed by atoms with Gasteiger partial charge >= 0.3 is 0 Å². The first-order valence-electron chi connectivity index (χ1n) is 7.62. The zero-order chi connectivity index (χ0) is 17.3. The van der Waals surface area contributed by atoms with Gasteiger partial charge in [-0.3, -0.25) is 0 Å². The maximum Gasteiger partial charge on any atom is 0.205 e. The molecule has 4 heteroatoms. The molecule has 0 radical (unpaired) electrons. The number of allylic oxidation sites excluding steroid dienone is 2. The lowest BCUT2D eigenvalue weighted by molar-refractivity contribution is 0.355. The van der Waals surface area contributed by atoms with Crippen molar-refractivity contribution in [2.45, 2.75) is 19.8 Å². The summed E-state index contributed by atoms with van der Waals surface area (Å²) in [7, 11) is 0. The van der Waals surface area contributed by atoms with Crippen molar-refractivity contribution in [2.75, 3.05) is 0 Å². The molecule has 120 valence electrons. The third kappa shape index (κ3) is 2.65. The van der Waals surface area contributed by atoms with Crippen molar-refractivity contribution in [2.24, 2.45) is 5.73 Å². The van der Waals surface area contributed by atoms with Crippen LogP contribution in [0.15, 0.2) is 65.6 Å². The van der Waals surface area contributed by atoms with Crippen LogP contribution in [-0.2, 0) is 4.74 Å². The smallest absolute Gasteiger partial charge is 0.205 e. The molecule has 1 aliphatic rings. The second-order valence-electron chi connectivity index (χ2n) is 5.80. The molecule has 0 fully saturated rings. The molecule has 1 atom stereocenters. The van der Waals surface area contributed by atoms with Gasteiger partial charge in [0.2, 0.25) is 5.88 Å². The van der Waals surface area contributed by atoms with E-state index in [9.17, 15) is 9.65 Å². The Morgan fingerprint density at radius 3 is 2.38 bits per heavy atom. The summed E-state index contributed by atoms with van der Waals surface area (Å²) >= 11 is 0. The number of hydrogen-bond donors (Lipinski definition) is 1. The fourth-order valence-electron chi connectivity index (χ4n) is 3.02. The highest BCUT2D eigenvalue weighted by atomic mass is 19.1. The molecular weight excluding hydrogens is 303 g/mol. The van der Waals surface area contributed by atoms with E-state index in [1.54, 1.807) is 12.1 Å². The van der Waals surface area contributed by atoms with E-state index in [0.29, 0.717) is 11.3 Å². The van der Waals surface area contributed by atoms with Gasteiger partial charge in [0.15, 0.2) is 0 Å². The van der Waals surface area contributed by atoms with E-state index >= 15 is 0 Å². The minimum Gasteiger partial charge on any atom is -0.440 e. The number of halogens is 1. The van der Waals surface area contributed by atoms with Crippen LogP contribution in [0.25, 0.3) is 5.76 Å². The highest BCUT2D eigenvalue weighted by Crippen LogP contribution is 2.42. The van der Waals surface area contributed by atoms with Crippen LogP contribution in [0.3, 0.4) is 0 Å². The molecule has 1 aliphatic heterocycles.